The van der Waals surface area contributed by atoms with E-state index in [9.17, 15) is 18.0 Å². The molecular weight excluding hydrogens is 245 g/mol. The Bertz CT molecular complexity index is 415. The second kappa shape index (κ2) is 4.33. The van der Waals surface area contributed by atoms with Gasteiger partial charge in [0.15, 0.2) is 0 Å². The summed E-state index contributed by atoms with van der Waals surface area (Å²) in [4.78, 5) is 10.7. The molecule has 0 bridgehead atoms. The van der Waals surface area contributed by atoms with Gasteiger partial charge in [0.05, 0.1) is 11.5 Å². The number of aliphatic carboxylic acids is 1. The fourth-order valence-corrected chi connectivity index (χ4v) is 1.46. The van der Waals surface area contributed by atoms with E-state index in [2.05, 4.69) is 0 Å². The highest BCUT2D eigenvalue weighted by Gasteiger charge is 2.35. The minimum Gasteiger partial charge on any atom is -0.481 e. The van der Waals surface area contributed by atoms with Crippen molar-refractivity contribution < 1.29 is 23.1 Å². The summed E-state index contributed by atoms with van der Waals surface area (Å²) in [6, 6.07) is 2.91. The van der Waals surface area contributed by atoms with Gasteiger partial charge in [-0.2, -0.15) is 13.2 Å². The summed E-state index contributed by atoms with van der Waals surface area (Å²) in [7, 11) is 0. The molecule has 1 aromatic carbocycles. The molecule has 1 N–H and O–H groups in total. The van der Waals surface area contributed by atoms with Crippen LogP contribution in [-0.4, -0.2) is 11.1 Å². The number of alkyl halides is 3. The fraction of sp³-hybridized carbons (Fsp3) is 0.300. The number of carboxylic acids is 1. The first-order valence-electron chi connectivity index (χ1n) is 4.33. The van der Waals surface area contributed by atoms with Crippen LogP contribution in [0.15, 0.2) is 18.2 Å². The Labute approximate surface area is 94.6 Å². The van der Waals surface area contributed by atoms with Crippen LogP contribution in [0.25, 0.3) is 0 Å². The van der Waals surface area contributed by atoms with E-state index in [1.165, 1.54) is 6.92 Å². The van der Waals surface area contributed by atoms with Gasteiger partial charge in [0, 0.05) is 5.02 Å². The highest BCUT2D eigenvalue weighted by Crippen LogP contribution is 2.36. The normalized spacial score (nSPS) is 13.6. The van der Waals surface area contributed by atoms with Gasteiger partial charge in [-0.25, -0.2) is 0 Å². The predicted molar refractivity (Wildman–Crippen MR) is 52.5 cm³/mol. The smallest absolute Gasteiger partial charge is 0.416 e. The molecule has 0 aliphatic carbocycles. The van der Waals surface area contributed by atoms with Gasteiger partial charge < -0.3 is 5.11 Å². The van der Waals surface area contributed by atoms with E-state index in [1.807, 2.05) is 0 Å². The summed E-state index contributed by atoms with van der Waals surface area (Å²) in [5.41, 5.74) is -1.29. The second-order valence-corrected chi connectivity index (χ2v) is 3.73. The van der Waals surface area contributed by atoms with Crippen LogP contribution in [-0.2, 0) is 11.0 Å². The molecular formula is C10H8ClF3O2. The molecule has 1 aromatic rings. The van der Waals surface area contributed by atoms with Crippen molar-refractivity contribution in [2.24, 2.45) is 0 Å². The number of carbonyl (C=O) groups is 1. The molecule has 88 valence electrons. The van der Waals surface area contributed by atoms with Crippen molar-refractivity contribution in [1.82, 2.24) is 0 Å². The molecule has 2 nitrogen and oxygen atoms in total. The minimum atomic E-state index is -4.58. The SMILES string of the molecule is CC(C(=O)O)c1cc(Cl)ccc1C(F)(F)F. The van der Waals surface area contributed by atoms with Crippen molar-refractivity contribution in [3.63, 3.8) is 0 Å². The maximum absolute atomic E-state index is 12.6. The third-order valence-corrected chi connectivity index (χ3v) is 2.39. The largest absolute Gasteiger partial charge is 0.481 e. The summed E-state index contributed by atoms with van der Waals surface area (Å²) < 4.78 is 37.7. The standard InChI is InChI=1S/C10H8ClF3O2/c1-5(9(15)16)7-4-6(11)2-3-8(7)10(12,13)14/h2-5H,1H3,(H,15,16). The molecule has 0 amide bonds. The molecule has 0 heterocycles. The van der Waals surface area contributed by atoms with Gasteiger partial charge in [-0.05, 0) is 30.7 Å². The Morgan fingerprint density at radius 3 is 2.44 bits per heavy atom. The number of rotatable bonds is 2. The van der Waals surface area contributed by atoms with Crippen LogP contribution in [0.3, 0.4) is 0 Å². The van der Waals surface area contributed by atoms with Gasteiger partial charge in [0.1, 0.15) is 0 Å². The molecule has 16 heavy (non-hydrogen) atoms. The van der Waals surface area contributed by atoms with Crippen molar-refractivity contribution in [1.29, 1.82) is 0 Å². The summed E-state index contributed by atoms with van der Waals surface area (Å²) in [6.45, 7) is 1.18. The summed E-state index contributed by atoms with van der Waals surface area (Å²) in [6.07, 6.45) is -4.58. The first-order chi connectivity index (χ1) is 7.23. The van der Waals surface area contributed by atoms with E-state index in [4.69, 9.17) is 16.7 Å². The third-order valence-electron chi connectivity index (χ3n) is 2.16. The van der Waals surface area contributed by atoms with E-state index in [1.54, 1.807) is 0 Å². The quantitative estimate of drug-likeness (QED) is 0.874. The molecule has 0 fully saturated rings. The van der Waals surface area contributed by atoms with Crippen LogP contribution in [0, 0.1) is 0 Å². The Balaban J connectivity index is 3.35. The van der Waals surface area contributed by atoms with Crippen LogP contribution in [0.2, 0.25) is 5.02 Å². The van der Waals surface area contributed by atoms with E-state index in [-0.39, 0.29) is 10.6 Å². The molecule has 1 atom stereocenters. The van der Waals surface area contributed by atoms with E-state index in [0.717, 1.165) is 18.2 Å². The lowest BCUT2D eigenvalue weighted by Gasteiger charge is -2.15. The zero-order valence-electron chi connectivity index (χ0n) is 8.18. The predicted octanol–water partition coefficient (Wildman–Crippen LogP) is 3.55. The maximum atomic E-state index is 12.6. The zero-order valence-corrected chi connectivity index (χ0v) is 8.93. The van der Waals surface area contributed by atoms with Crippen molar-refractivity contribution in [3.8, 4) is 0 Å². The Kier molecular flexibility index (Phi) is 3.48. The molecule has 1 rings (SSSR count). The molecule has 0 aliphatic rings. The van der Waals surface area contributed by atoms with Crippen LogP contribution in [0.1, 0.15) is 24.0 Å². The highest BCUT2D eigenvalue weighted by atomic mass is 35.5. The Morgan fingerprint density at radius 1 is 1.44 bits per heavy atom. The number of hydrogen-bond donors (Lipinski definition) is 1. The number of halogens is 4. The number of hydrogen-bond acceptors (Lipinski definition) is 1. The number of benzene rings is 1. The van der Waals surface area contributed by atoms with Crippen molar-refractivity contribution in [3.05, 3.63) is 34.3 Å². The lowest BCUT2D eigenvalue weighted by Crippen LogP contribution is -2.15. The Morgan fingerprint density at radius 2 is 2.00 bits per heavy atom. The molecule has 0 saturated heterocycles. The molecule has 0 spiro atoms. The van der Waals surface area contributed by atoms with Gasteiger partial charge >= 0.3 is 12.1 Å². The molecule has 0 aromatic heterocycles. The van der Waals surface area contributed by atoms with E-state index >= 15 is 0 Å². The van der Waals surface area contributed by atoms with Gasteiger partial charge in [-0.15, -0.1) is 0 Å². The molecule has 0 saturated carbocycles. The zero-order chi connectivity index (χ0) is 12.5. The van der Waals surface area contributed by atoms with Gasteiger partial charge in [-0.3, -0.25) is 4.79 Å². The fourth-order valence-electron chi connectivity index (χ4n) is 1.28. The van der Waals surface area contributed by atoms with Crippen LogP contribution >= 0.6 is 11.6 Å². The lowest BCUT2D eigenvalue weighted by molar-refractivity contribution is -0.141. The van der Waals surface area contributed by atoms with Crippen LogP contribution < -0.4 is 0 Å². The molecule has 0 aliphatic heterocycles. The van der Waals surface area contributed by atoms with Crippen molar-refractivity contribution in [2.45, 2.75) is 19.0 Å². The topological polar surface area (TPSA) is 37.3 Å². The molecule has 6 heteroatoms. The summed E-state index contributed by atoms with van der Waals surface area (Å²) in [5.74, 6) is -2.58. The summed E-state index contributed by atoms with van der Waals surface area (Å²) >= 11 is 5.56. The van der Waals surface area contributed by atoms with E-state index < -0.39 is 23.6 Å². The molecule has 1 unspecified atom stereocenters. The minimum absolute atomic E-state index is 0.0797. The first-order valence-corrected chi connectivity index (χ1v) is 4.70. The average molecular weight is 253 g/mol. The number of carboxylic acid groups (broad SMARTS) is 1. The third kappa shape index (κ3) is 2.66. The second-order valence-electron chi connectivity index (χ2n) is 3.29. The molecule has 0 radical (unpaired) electrons. The van der Waals surface area contributed by atoms with Gasteiger partial charge in [-0.1, -0.05) is 11.6 Å². The highest BCUT2D eigenvalue weighted by molar-refractivity contribution is 6.30. The first kappa shape index (κ1) is 12.8. The van der Waals surface area contributed by atoms with Gasteiger partial charge in [0.25, 0.3) is 0 Å². The average Bonchev–Trinajstić information content (AvgIpc) is 2.14. The Hall–Kier alpha value is -1.23. The van der Waals surface area contributed by atoms with Gasteiger partial charge in [0.2, 0.25) is 0 Å². The monoisotopic (exact) mass is 252 g/mol. The van der Waals surface area contributed by atoms with E-state index in [0.29, 0.717) is 0 Å². The lowest BCUT2D eigenvalue weighted by atomic mass is 9.95. The maximum Gasteiger partial charge on any atom is 0.416 e. The van der Waals surface area contributed by atoms with Crippen molar-refractivity contribution in [2.75, 3.05) is 0 Å². The van der Waals surface area contributed by atoms with Crippen LogP contribution in [0.4, 0.5) is 13.2 Å². The van der Waals surface area contributed by atoms with Crippen molar-refractivity contribution >= 4 is 17.6 Å². The summed E-state index contributed by atoms with van der Waals surface area (Å²) in [5, 5.41) is 8.79. The van der Waals surface area contributed by atoms with Crippen LogP contribution in [0.5, 0.6) is 0 Å².